The second-order valence-corrected chi connectivity index (χ2v) is 3.82. The predicted molar refractivity (Wildman–Crippen MR) is 57.9 cm³/mol. The Morgan fingerprint density at radius 1 is 1.35 bits per heavy atom. The lowest BCUT2D eigenvalue weighted by atomic mass is 10.3. The van der Waals surface area contributed by atoms with E-state index in [1.807, 2.05) is 0 Å². The minimum atomic E-state index is -0.756. The first kappa shape index (κ1) is 13.2. The molecule has 1 unspecified atom stereocenters. The standard InChI is InChI=1S/C11H15NO5/c1-7(2)16-9(13)3-4-10(14)17-8-5-6-12-11(8)15/h3-4,7-8H,5-6H2,1-2H3,(H,12,15)/b4-3+. The van der Waals surface area contributed by atoms with Crippen LogP contribution in [0.15, 0.2) is 12.2 Å². The lowest BCUT2D eigenvalue weighted by Crippen LogP contribution is -2.27. The van der Waals surface area contributed by atoms with E-state index in [9.17, 15) is 14.4 Å². The molecule has 0 saturated carbocycles. The average molecular weight is 241 g/mol. The minimum Gasteiger partial charge on any atom is -0.460 e. The Kier molecular flexibility index (Phi) is 4.68. The van der Waals surface area contributed by atoms with E-state index in [0.29, 0.717) is 13.0 Å². The quantitative estimate of drug-likeness (QED) is 0.550. The number of rotatable bonds is 4. The van der Waals surface area contributed by atoms with E-state index in [4.69, 9.17) is 9.47 Å². The van der Waals surface area contributed by atoms with Crippen molar-refractivity contribution >= 4 is 17.8 Å². The van der Waals surface area contributed by atoms with Crippen molar-refractivity contribution in [1.29, 1.82) is 0 Å². The van der Waals surface area contributed by atoms with Gasteiger partial charge < -0.3 is 14.8 Å². The van der Waals surface area contributed by atoms with Gasteiger partial charge in [-0.2, -0.15) is 0 Å². The van der Waals surface area contributed by atoms with Gasteiger partial charge in [0.2, 0.25) is 0 Å². The number of amides is 1. The fraction of sp³-hybridized carbons (Fsp3) is 0.545. The highest BCUT2D eigenvalue weighted by Crippen LogP contribution is 2.05. The molecule has 6 heteroatoms. The SMILES string of the molecule is CC(C)OC(=O)/C=C/C(=O)OC1CCNC1=O. The molecule has 0 aromatic carbocycles. The van der Waals surface area contributed by atoms with Crippen LogP contribution in [-0.2, 0) is 23.9 Å². The van der Waals surface area contributed by atoms with Crippen molar-refractivity contribution in [2.24, 2.45) is 0 Å². The molecule has 1 amide bonds. The molecular weight excluding hydrogens is 226 g/mol. The number of ether oxygens (including phenoxy) is 2. The Labute approximate surface area is 99.0 Å². The Bertz CT molecular complexity index is 348. The molecule has 1 N–H and O–H groups in total. The lowest BCUT2D eigenvalue weighted by Gasteiger charge is -2.06. The molecule has 17 heavy (non-hydrogen) atoms. The number of nitrogens with one attached hydrogen (secondary N) is 1. The van der Waals surface area contributed by atoms with E-state index in [2.05, 4.69) is 5.32 Å². The number of esters is 2. The summed E-state index contributed by atoms with van der Waals surface area (Å²) in [7, 11) is 0. The summed E-state index contributed by atoms with van der Waals surface area (Å²) in [5.41, 5.74) is 0. The van der Waals surface area contributed by atoms with Crippen molar-refractivity contribution in [3.05, 3.63) is 12.2 Å². The van der Waals surface area contributed by atoms with Gasteiger partial charge in [-0.3, -0.25) is 4.79 Å². The minimum absolute atomic E-state index is 0.246. The zero-order chi connectivity index (χ0) is 12.8. The van der Waals surface area contributed by atoms with Crippen molar-refractivity contribution in [2.75, 3.05) is 6.54 Å². The molecule has 0 radical (unpaired) electrons. The molecule has 1 heterocycles. The predicted octanol–water partition coefficient (Wildman–Crippen LogP) is -0.0741. The molecule has 1 fully saturated rings. The van der Waals surface area contributed by atoms with Gasteiger partial charge in [0, 0.05) is 25.1 Å². The molecule has 0 spiro atoms. The van der Waals surface area contributed by atoms with Crippen LogP contribution < -0.4 is 5.32 Å². The maximum absolute atomic E-state index is 11.2. The van der Waals surface area contributed by atoms with Gasteiger partial charge in [-0.1, -0.05) is 0 Å². The summed E-state index contributed by atoms with van der Waals surface area (Å²) < 4.78 is 9.61. The van der Waals surface area contributed by atoms with Gasteiger partial charge in [-0.05, 0) is 13.8 Å². The Balaban J connectivity index is 2.36. The van der Waals surface area contributed by atoms with Crippen molar-refractivity contribution in [1.82, 2.24) is 5.32 Å². The van der Waals surface area contributed by atoms with Crippen LogP contribution >= 0.6 is 0 Å². The molecule has 1 atom stereocenters. The summed E-state index contributed by atoms with van der Waals surface area (Å²) in [4.78, 5) is 33.4. The third kappa shape index (κ3) is 4.67. The maximum Gasteiger partial charge on any atom is 0.331 e. The van der Waals surface area contributed by atoms with Gasteiger partial charge in [0.1, 0.15) is 0 Å². The fourth-order valence-corrected chi connectivity index (χ4v) is 1.27. The van der Waals surface area contributed by atoms with Crippen LogP contribution in [0, 0.1) is 0 Å². The van der Waals surface area contributed by atoms with E-state index in [1.165, 1.54) is 0 Å². The highest BCUT2D eigenvalue weighted by atomic mass is 16.6. The second kappa shape index (κ2) is 6.03. The highest BCUT2D eigenvalue weighted by molar-refractivity contribution is 5.93. The van der Waals surface area contributed by atoms with Crippen molar-refractivity contribution in [3.8, 4) is 0 Å². The van der Waals surface area contributed by atoms with E-state index in [1.54, 1.807) is 13.8 Å². The largest absolute Gasteiger partial charge is 0.460 e. The third-order valence-electron chi connectivity index (χ3n) is 1.96. The first-order valence-corrected chi connectivity index (χ1v) is 5.36. The smallest absolute Gasteiger partial charge is 0.331 e. The Morgan fingerprint density at radius 3 is 2.53 bits per heavy atom. The Hall–Kier alpha value is -1.85. The lowest BCUT2D eigenvalue weighted by molar-refractivity contribution is -0.149. The van der Waals surface area contributed by atoms with E-state index in [-0.39, 0.29) is 12.0 Å². The molecule has 0 aromatic heterocycles. The number of carbonyl (C=O) groups is 3. The second-order valence-electron chi connectivity index (χ2n) is 3.82. The average Bonchev–Trinajstić information content (AvgIpc) is 2.61. The zero-order valence-corrected chi connectivity index (χ0v) is 9.76. The molecule has 0 aliphatic carbocycles. The molecule has 1 aliphatic heterocycles. The topological polar surface area (TPSA) is 81.7 Å². The fourth-order valence-electron chi connectivity index (χ4n) is 1.27. The number of hydrogen-bond donors (Lipinski definition) is 1. The van der Waals surface area contributed by atoms with Crippen LogP contribution in [0.1, 0.15) is 20.3 Å². The molecule has 1 aliphatic rings. The summed E-state index contributed by atoms with van der Waals surface area (Å²) in [5, 5.41) is 2.53. The van der Waals surface area contributed by atoms with Crippen LogP contribution in [0.3, 0.4) is 0 Å². The van der Waals surface area contributed by atoms with Crippen LogP contribution in [0.4, 0.5) is 0 Å². The van der Waals surface area contributed by atoms with Gasteiger partial charge >= 0.3 is 11.9 Å². The van der Waals surface area contributed by atoms with Crippen LogP contribution in [-0.4, -0.2) is 36.6 Å². The summed E-state index contributed by atoms with van der Waals surface area (Å²) in [6, 6.07) is 0. The molecule has 6 nitrogen and oxygen atoms in total. The van der Waals surface area contributed by atoms with Crippen molar-refractivity contribution < 1.29 is 23.9 Å². The molecular formula is C11H15NO5. The summed E-state index contributed by atoms with van der Waals surface area (Å²) in [5.74, 6) is -1.66. The first-order valence-electron chi connectivity index (χ1n) is 5.36. The zero-order valence-electron chi connectivity index (χ0n) is 9.76. The first-order chi connectivity index (χ1) is 7.99. The number of carbonyl (C=O) groups excluding carboxylic acids is 3. The molecule has 0 bridgehead atoms. The van der Waals surface area contributed by atoms with Crippen LogP contribution in [0.2, 0.25) is 0 Å². The molecule has 1 saturated heterocycles. The van der Waals surface area contributed by atoms with Gasteiger partial charge in [0.25, 0.3) is 5.91 Å². The van der Waals surface area contributed by atoms with Gasteiger partial charge in [-0.25, -0.2) is 9.59 Å². The molecule has 0 aromatic rings. The van der Waals surface area contributed by atoms with E-state index >= 15 is 0 Å². The highest BCUT2D eigenvalue weighted by Gasteiger charge is 2.26. The monoisotopic (exact) mass is 241 g/mol. The van der Waals surface area contributed by atoms with Crippen LogP contribution in [0.25, 0.3) is 0 Å². The van der Waals surface area contributed by atoms with Crippen LogP contribution in [0.5, 0.6) is 0 Å². The summed E-state index contributed by atoms with van der Waals surface area (Å²) >= 11 is 0. The Morgan fingerprint density at radius 2 is 2.00 bits per heavy atom. The molecule has 94 valence electrons. The third-order valence-corrected chi connectivity index (χ3v) is 1.96. The van der Waals surface area contributed by atoms with Gasteiger partial charge in [0.05, 0.1) is 6.10 Å². The summed E-state index contributed by atoms with van der Waals surface area (Å²) in [6.45, 7) is 3.90. The van der Waals surface area contributed by atoms with Gasteiger partial charge in [-0.15, -0.1) is 0 Å². The van der Waals surface area contributed by atoms with Crippen molar-refractivity contribution in [2.45, 2.75) is 32.5 Å². The van der Waals surface area contributed by atoms with Gasteiger partial charge in [0.15, 0.2) is 6.10 Å². The maximum atomic E-state index is 11.2. The van der Waals surface area contributed by atoms with E-state index < -0.39 is 18.0 Å². The van der Waals surface area contributed by atoms with Crippen molar-refractivity contribution in [3.63, 3.8) is 0 Å². The van der Waals surface area contributed by atoms with E-state index in [0.717, 1.165) is 12.2 Å². The summed E-state index contributed by atoms with van der Waals surface area (Å²) in [6.07, 6.45) is 1.39. The molecule has 1 rings (SSSR count). The number of hydrogen-bond acceptors (Lipinski definition) is 5. The normalized spacial score (nSPS) is 19.5.